The fourth-order valence-corrected chi connectivity index (χ4v) is 0.618. The molecule has 0 aromatic carbocycles. The number of amides is 1. The molecule has 0 unspecified atom stereocenters. The Morgan fingerprint density at radius 3 is 2.50 bits per heavy atom. The summed E-state index contributed by atoms with van der Waals surface area (Å²) in [6.45, 7) is 3.64. The number of carbonyl (C=O) groups excluding carboxylic acids is 1. The molecule has 12 heavy (non-hydrogen) atoms. The minimum absolute atomic E-state index is 0.0474. The molecule has 1 amide bonds. The maximum atomic E-state index is 11.1. The van der Waals surface area contributed by atoms with Gasteiger partial charge in [0, 0.05) is 18.3 Å². The largest absolute Gasteiger partial charge is 0.294 e. The molecule has 0 saturated carbocycles. The number of nitrogens with zero attached hydrogens (tertiary/aromatic N) is 2. The molecule has 1 aromatic rings. The van der Waals surface area contributed by atoms with Crippen LogP contribution in [0.4, 0.5) is 5.95 Å². The molecule has 64 valence electrons. The predicted octanol–water partition coefficient (Wildman–Crippen LogP) is 1.07. The standard InChI is InChI=1S/C8H11N3O/c1-6(2)7(12)11-8-9-4-3-5-10-8/h3-6H,1-2H3,(H,9,10,11,12). The highest BCUT2D eigenvalue weighted by Crippen LogP contribution is 1.98. The van der Waals surface area contributed by atoms with E-state index in [9.17, 15) is 4.79 Å². The van der Waals surface area contributed by atoms with E-state index in [1.54, 1.807) is 18.5 Å². The first-order chi connectivity index (χ1) is 5.70. The highest BCUT2D eigenvalue weighted by Gasteiger charge is 2.07. The highest BCUT2D eigenvalue weighted by atomic mass is 16.1. The molecule has 1 N–H and O–H groups in total. The number of carbonyl (C=O) groups is 1. The number of hydrogen-bond donors (Lipinski definition) is 1. The quantitative estimate of drug-likeness (QED) is 0.713. The zero-order valence-electron chi connectivity index (χ0n) is 7.11. The Labute approximate surface area is 71.0 Å². The van der Waals surface area contributed by atoms with Crippen molar-refractivity contribution in [1.29, 1.82) is 0 Å². The van der Waals surface area contributed by atoms with Crippen LogP contribution in [0.3, 0.4) is 0 Å². The van der Waals surface area contributed by atoms with Crippen LogP contribution in [0.25, 0.3) is 0 Å². The summed E-state index contributed by atoms with van der Waals surface area (Å²) in [6, 6.07) is 1.70. The lowest BCUT2D eigenvalue weighted by molar-refractivity contribution is -0.118. The van der Waals surface area contributed by atoms with Gasteiger partial charge in [-0.3, -0.25) is 10.1 Å². The molecule has 0 bridgehead atoms. The summed E-state index contributed by atoms with van der Waals surface area (Å²) >= 11 is 0. The van der Waals surface area contributed by atoms with Crippen LogP contribution in [0.15, 0.2) is 18.5 Å². The summed E-state index contributed by atoms with van der Waals surface area (Å²) < 4.78 is 0. The Kier molecular flexibility index (Phi) is 2.74. The van der Waals surface area contributed by atoms with Gasteiger partial charge in [0.25, 0.3) is 0 Å². The number of hydrogen-bond acceptors (Lipinski definition) is 3. The lowest BCUT2D eigenvalue weighted by Gasteiger charge is -2.04. The first-order valence-electron chi connectivity index (χ1n) is 3.78. The summed E-state index contributed by atoms with van der Waals surface area (Å²) in [5, 5.41) is 2.58. The van der Waals surface area contributed by atoms with Gasteiger partial charge in [-0.15, -0.1) is 0 Å². The molecule has 0 saturated heterocycles. The second-order valence-corrected chi connectivity index (χ2v) is 2.72. The van der Waals surface area contributed by atoms with Crippen molar-refractivity contribution in [2.24, 2.45) is 5.92 Å². The van der Waals surface area contributed by atoms with Gasteiger partial charge in [0.15, 0.2) is 0 Å². The van der Waals surface area contributed by atoms with Crippen molar-refractivity contribution >= 4 is 11.9 Å². The molecular weight excluding hydrogens is 154 g/mol. The first kappa shape index (κ1) is 8.64. The molecule has 1 aromatic heterocycles. The van der Waals surface area contributed by atoms with Crippen molar-refractivity contribution in [1.82, 2.24) is 9.97 Å². The fourth-order valence-electron chi connectivity index (χ4n) is 0.618. The Morgan fingerprint density at radius 2 is 2.00 bits per heavy atom. The van der Waals surface area contributed by atoms with E-state index in [0.29, 0.717) is 5.95 Å². The molecule has 0 aliphatic carbocycles. The maximum absolute atomic E-state index is 11.1. The van der Waals surface area contributed by atoms with Gasteiger partial charge in [0.1, 0.15) is 0 Å². The van der Waals surface area contributed by atoms with Gasteiger partial charge in [-0.25, -0.2) is 9.97 Å². The van der Waals surface area contributed by atoms with Crippen molar-refractivity contribution < 1.29 is 4.79 Å². The van der Waals surface area contributed by atoms with Crippen LogP contribution in [0, 0.1) is 5.92 Å². The van der Waals surface area contributed by atoms with E-state index in [1.165, 1.54) is 0 Å². The summed E-state index contributed by atoms with van der Waals surface area (Å²) in [6.07, 6.45) is 3.17. The van der Waals surface area contributed by atoms with Crippen molar-refractivity contribution in [3.05, 3.63) is 18.5 Å². The van der Waals surface area contributed by atoms with Crippen LogP contribution >= 0.6 is 0 Å². The number of anilines is 1. The SMILES string of the molecule is CC(C)C(=O)Nc1ncccn1. The van der Waals surface area contributed by atoms with Gasteiger partial charge in [-0.05, 0) is 6.07 Å². The molecule has 0 aliphatic rings. The third kappa shape index (κ3) is 2.30. The monoisotopic (exact) mass is 165 g/mol. The van der Waals surface area contributed by atoms with Crippen molar-refractivity contribution in [2.75, 3.05) is 5.32 Å². The predicted molar refractivity (Wildman–Crippen MR) is 45.5 cm³/mol. The fraction of sp³-hybridized carbons (Fsp3) is 0.375. The van der Waals surface area contributed by atoms with Gasteiger partial charge < -0.3 is 0 Å². The van der Waals surface area contributed by atoms with Crippen LogP contribution in [0.2, 0.25) is 0 Å². The molecule has 0 radical (unpaired) electrons. The molecule has 0 spiro atoms. The summed E-state index contributed by atoms with van der Waals surface area (Å²) in [5.41, 5.74) is 0. The number of nitrogens with one attached hydrogen (secondary N) is 1. The van der Waals surface area contributed by atoms with Crippen LogP contribution in [-0.2, 0) is 4.79 Å². The van der Waals surface area contributed by atoms with E-state index in [4.69, 9.17) is 0 Å². The van der Waals surface area contributed by atoms with Crippen LogP contribution in [0.5, 0.6) is 0 Å². The normalized spacial score (nSPS) is 9.92. The molecule has 4 nitrogen and oxygen atoms in total. The zero-order valence-corrected chi connectivity index (χ0v) is 7.11. The van der Waals surface area contributed by atoms with Crippen LogP contribution < -0.4 is 5.32 Å². The number of aromatic nitrogens is 2. The van der Waals surface area contributed by atoms with Gasteiger partial charge in [-0.1, -0.05) is 13.8 Å². The third-order valence-electron chi connectivity index (χ3n) is 1.33. The Hall–Kier alpha value is -1.45. The topological polar surface area (TPSA) is 54.9 Å². The Balaban J connectivity index is 2.59. The molecule has 0 aliphatic heterocycles. The van der Waals surface area contributed by atoms with Gasteiger partial charge in [0.2, 0.25) is 11.9 Å². The minimum Gasteiger partial charge on any atom is -0.294 e. The van der Waals surface area contributed by atoms with E-state index in [2.05, 4.69) is 15.3 Å². The summed E-state index contributed by atoms with van der Waals surface area (Å²) in [7, 11) is 0. The van der Waals surface area contributed by atoms with E-state index in [1.807, 2.05) is 13.8 Å². The molecule has 1 heterocycles. The van der Waals surface area contributed by atoms with Gasteiger partial charge in [0.05, 0.1) is 0 Å². The lowest BCUT2D eigenvalue weighted by Crippen LogP contribution is -2.19. The smallest absolute Gasteiger partial charge is 0.229 e. The Bertz CT molecular complexity index is 258. The second-order valence-electron chi connectivity index (χ2n) is 2.72. The number of rotatable bonds is 2. The molecule has 4 heteroatoms. The van der Waals surface area contributed by atoms with Crippen molar-refractivity contribution in [2.45, 2.75) is 13.8 Å². The zero-order chi connectivity index (χ0) is 8.97. The lowest BCUT2D eigenvalue weighted by atomic mass is 10.2. The summed E-state index contributed by atoms with van der Waals surface area (Å²) in [4.78, 5) is 18.8. The van der Waals surface area contributed by atoms with E-state index >= 15 is 0 Å². The Morgan fingerprint density at radius 1 is 1.42 bits per heavy atom. The first-order valence-corrected chi connectivity index (χ1v) is 3.78. The highest BCUT2D eigenvalue weighted by molar-refractivity contribution is 5.90. The van der Waals surface area contributed by atoms with Crippen molar-refractivity contribution in [3.8, 4) is 0 Å². The summed E-state index contributed by atoms with van der Waals surface area (Å²) in [5.74, 6) is 0.242. The molecule has 0 atom stereocenters. The van der Waals surface area contributed by atoms with E-state index in [0.717, 1.165) is 0 Å². The average molecular weight is 165 g/mol. The van der Waals surface area contributed by atoms with Crippen molar-refractivity contribution in [3.63, 3.8) is 0 Å². The maximum Gasteiger partial charge on any atom is 0.229 e. The van der Waals surface area contributed by atoms with E-state index in [-0.39, 0.29) is 11.8 Å². The van der Waals surface area contributed by atoms with E-state index < -0.39 is 0 Å². The average Bonchev–Trinajstić information content (AvgIpc) is 2.06. The molecule has 1 rings (SSSR count). The second kappa shape index (κ2) is 3.80. The van der Waals surface area contributed by atoms with Crippen LogP contribution in [-0.4, -0.2) is 15.9 Å². The van der Waals surface area contributed by atoms with Crippen LogP contribution in [0.1, 0.15) is 13.8 Å². The van der Waals surface area contributed by atoms with Gasteiger partial charge >= 0.3 is 0 Å². The third-order valence-corrected chi connectivity index (χ3v) is 1.33. The van der Waals surface area contributed by atoms with Gasteiger partial charge in [-0.2, -0.15) is 0 Å². The molecular formula is C8H11N3O. The molecule has 0 fully saturated rings. The minimum atomic E-state index is -0.0683.